The summed E-state index contributed by atoms with van der Waals surface area (Å²) in [5, 5.41) is 10.7. The first-order chi connectivity index (χ1) is 7.13. The molecule has 0 saturated carbocycles. The zero-order valence-corrected chi connectivity index (χ0v) is 11.4. The van der Waals surface area contributed by atoms with Crippen LogP contribution in [0.25, 0.3) is 11.0 Å². The van der Waals surface area contributed by atoms with Crippen molar-refractivity contribution < 1.29 is 44.2 Å². The average molecular weight is 228 g/mol. The molecule has 0 bridgehead atoms. The molecule has 0 N–H and O–H groups in total. The number of ether oxygens (including phenoxy) is 1. The Morgan fingerprint density at radius 1 is 1.50 bits per heavy atom. The van der Waals surface area contributed by atoms with E-state index in [1.165, 1.54) is 4.57 Å². The standard InChI is InChI=1S/C10H10N2O3.Na/c1-12-8-4-3-6(15-2)5-7(8)11-9(12)10(13)14;/h3-5H,1-2H3,(H,13,14);/q;+1/p-1. The molecule has 0 atom stereocenters. The Hall–Kier alpha value is -1.04. The Kier molecular flexibility index (Phi) is 3.96. The van der Waals surface area contributed by atoms with E-state index in [9.17, 15) is 9.90 Å². The van der Waals surface area contributed by atoms with Gasteiger partial charge in [0.2, 0.25) is 0 Å². The van der Waals surface area contributed by atoms with E-state index in [-0.39, 0.29) is 35.4 Å². The Bertz CT molecular complexity index is 536. The molecular weight excluding hydrogens is 219 g/mol. The Morgan fingerprint density at radius 2 is 2.19 bits per heavy atom. The zero-order chi connectivity index (χ0) is 11.0. The molecule has 6 heteroatoms. The summed E-state index contributed by atoms with van der Waals surface area (Å²) in [7, 11) is 3.18. The smallest absolute Gasteiger partial charge is 0.542 e. The molecule has 5 nitrogen and oxygen atoms in total. The largest absolute Gasteiger partial charge is 1.00 e. The van der Waals surface area contributed by atoms with E-state index in [4.69, 9.17) is 4.74 Å². The van der Waals surface area contributed by atoms with Gasteiger partial charge in [0, 0.05) is 13.1 Å². The van der Waals surface area contributed by atoms with Gasteiger partial charge < -0.3 is 19.2 Å². The molecule has 0 unspecified atom stereocenters. The summed E-state index contributed by atoms with van der Waals surface area (Å²) in [6.07, 6.45) is 0. The number of methoxy groups -OCH3 is 1. The maximum absolute atomic E-state index is 10.7. The van der Waals surface area contributed by atoms with E-state index in [1.807, 2.05) is 0 Å². The number of carboxylic acid groups (broad SMARTS) is 1. The minimum absolute atomic E-state index is 0. The number of carboxylic acids is 1. The van der Waals surface area contributed by atoms with Crippen LogP contribution >= 0.6 is 0 Å². The molecule has 2 rings (SSSR count). The van der Waals surface area contributed by atoms with Crippen LogP contribution < -0.4 is 39.4 Å². The zero-order valence-electron chi connectivity index (χ0n) is 9.35. The van der Waals surface area contributed by atoms with Gasteiger partial charge in [-0.2, -0.15) is 0 Å². The number of nitrogens with zero attached hydrogens (tertiary/aromatic N) is 2. The number of aromatic nitrogens is 2. The predicted octanol–water partition coefficient (Wildman–Crippen LogP) is -3.05. The van der Waals surface area contributed by atoms with Crippen molar-refractivity contribution in [2.45, 2.75) is 0 Å². The van der Waals surface area contributed by atoms with Gasteiger partial charge in [-0.3, -0.25) is 0 Å². The molecule has 0 radical (unpaired) electrons. The van der Waals surface area contributed by atoms with Gasteiger partial charge in [-0.15, -0.1) is 0 Å². The SMILES string of the molecule is COc1ccc2c(c1)nc(C(=O)[O-])n2C.[Na+]. The van der Waals surface area contributed by atoms with Crippen LogP contribution in [0.5, 0.6) is 5.75 Å². The first kappa shape index (κ1) is 13.0. The molecular formula is C10H9N2NaO3. The molecule has 0 amide bonds. The predicted molar refractivity (Wildman–Crippen MR) is 51.6 cm³/mol. The fourth-order valence-electron chi connectivity index (χ4n) is 1.49. The molecule has 78 valence electrons. The van der Waals surface area contributed by atoms with E-state index in [0.29, 0.717) is 11.3 Å². The monoisotopic (exact) mass is 228 g/mol. The third kappa shape index (κ3) is 2.07. The van der Waals surface area contributed by atoms with Gasteiger partial charge in [0.15, 0.2) is 5.82 Å². The molecule has 1 aromatic carbocycles. The fraction of sp³-hybridized carbons (Fsp3) is 0.200. The van der Waals surface area contributed by atoms with Gasteiger partial charge >= 0.3 is 29.6 Å². The number of benzene rings is 1. The maximum atomic E-state index is 10.7. The van der Waals surface area contributed by atoms with Crippen LogP contribution in [0.4, 0.5) is 0 Å². The molecule has 2 aromatic rings. The summed E-state index contributed by atoms with van der Waals surface area (Å²) >= 11 is 0. The van der Waals surface area contributed by atoms with Crippen molar-refractivity contribution >= 4 is 17.0 Å². The second-order valence-electron chi connectivity index (χ2n) is 3.14. The summed E-state index contributed by atoms with van der Waals surface area (Å²) in [4.78, 5) is 14.7. The topological polar surface area (TPSA) is 67.2 Å². The first-order valence-electron chi connectivity index (χ1n) is 4.35. The minimum atomic E-state index is -1.28. The number of imidazole rings is 1. The average Bonchev–Trinajstić information content (AvgIpc) is 2.55. The van der Waals surface area contributed by atoms with Crippen LogP contribution in [0.2, 0.25) is 0 Å². The summed E-state index contributed by atoms with van der Waals surface area (Å²) in [6, 6.07) is 5.19. The van der Waals surface area contributed by atoms with Crippen molar-refractivity contribution in [3.8, 4) is 5.75 Å². The quantitative estimate of drug-likeness (QED) is 0.512. The van der Waals surface area contributed by atoms with Crippen molar-refractivity contribution in [1.29, 1.82) is 0 Å². The van der Waals surface area contributed by atoms with Gasteiger partial charge in [0.05, 0.1) is 18.1 Å². The number of carbonyl (C=O) groups is 1. The Morgan fingerprint density at radius 3 is 2.75 bits per heavy atom. The molecule has 0 aliphatic carbocycles. The molecule has 1 heterocycles. The number of fused-ring (bicyclic) bond motifs is 1. The number of hydrogen-bond donors (Lipinski definition) is 0. The van der Waals surface area contributed by atoms with Crippen molar-refractivity contribution in [3.05, 3.63) is 24.0 Å². The Balaban J connectivity index is 0.00000128. The van der Waals surface area contributed by atoms with E-state index >= 15 is 0 Å². The van der Waals surface area contributed by atoms with Crippen LogP contribution in [-0.2, 0) is 7.05 Å². The van der Waals surface area contributed by atoms with Crippen LogP contribution in [0.1, 0.15) is 10.6 Å². The van der Waals surface area contributed by atoms with E-state index < -0.39 is 5.97 Å². The van der Waals surface area contributed by atoms with Crippen LogP contribution in [0, 0.1) is 0 Å². The van der Waals surface area contributed by atoms with Crippen LogP contribution in [0.3, 0.4) is 0 Å². The third-order valence-corrected chi connectivity index (χ3v) is 2.27. The number of hydrogen-bond acceptors (Lipinski definition) is 4. The number of aryl methyl sites for hydroxylation is 1. The molecule has 1 aromatic heterocycles. The fourth-order valence-corrected chi connectivity index (χ4v) is 1.49. The summed E-state index contributed by atoms with van der Waals surface area (Å²) in [6.45, 7) is 0. The van der Waals surface area contributed by atoms with Crippen molar-refractivity contribution in [1.82, 2.24) is 9.55 Å². The number of aromatic carboxylic acids is 1. The third-order valence-electron chi connectivity index (χ3n) is 2.27. The summed E-state index contributed by atoms with van der Waals surface area (Å²) in [5.74, 6) is -0.726. The molecule has 0 aliphatic rings. The van der Waals surface area contributed by atoms with Crippen LogP contribution in [-0.4, -0.2) is 22.6 Å². The summed E-state index contributed by atoms with van der Waals surface area (Å²) in [5.41, 5.74) is 1.31. The van der Waals surface area contributed by atoms with Gasteiger partial charge in [-0.1, -0.05) is 0 Å². The first-order valence-corrected chi connectivity index (χ1v) is 4.35. The van der Waals surface area contributed by atoms with Crippen molar-refractivity contribution in [2.75, 3.05) is 7.11 Å². The van der Waals surface area contributed by atoms with Gasteiger partial charge in [-0.25, -0.2) is 4.98 Å². The van der Waals surface area contributed by atoms with Crippen molar-refractivity contribution in [3.63, 3.8) is 0 Å². The second-order valence-corrected chi connectivity index (χ2v) is 3.14. The number of rotatable bonds is 2. The van der Waals surface area contributed by atoms with Gasteiger partial charge in [-0.05, 0) is 12.1 Å². The number of carbonyl (C=O) groups excluding carboxylic acids is 1. The van der Waals surface area contributed by atoms with E-state index in [1.54, 1.807) is 32.4 Å². The molecule has 0 saturated heterocycles. The van der Waals surface area contributed by atoms with Gasteiger partial charge in [0.1, 0.15) is 11.7 Å². The maximum Gasteiger partial charge on any atom is 1.00 e. The van der Waals surface area contributed by atoms with Gasteiger partial charge in [0.25, 0.3) is 0 Å². The van der Waals surface area contributed by atoms with Crippen molar-refractivity contribution in [2.24, 2.45) is 7.05 Å². The summed E-state index contributed by atoms with van der Waals surface area (Å²) < 4.78 is 6.50. The van der Waals surface area contributed by atoms with Crippen LogP contribution in [0.15, 0.2) is 18.2 Å². The molecule has 0 spiro atoms. The van der Waals surface area contributed by atoms with E-state index in [2.05, 4.69) is 4.98 Å². The normalized spacial score (nSPS) is 9.88. The Labute approximate surface area is 114 Å². The molecule has 0 fully saturated rings. The minimum Gasteiger partial charge on any atom is -0.542 e. The van der Waals surface area contributed by atoms with E-state index in [0.717, 1.165) is 5.52 Å². The second kappa shape index (κ2) is 4.86. The molecule has 16 heavy (non-hydrogen) atoms. The molecule has 0 aliphatic heterocycles.